The lowest BCUT2D eigenvalue weighted by atomic mass is 9.81. The summed E-state index contributed by atoms with van der Waals surface area (Å²) in [6, 6.07) is 29.7. The van der Waals surface area contributed by atoms with E-state index in [9.17, 15) is 27.4 Å². The first-order valence-corrected chi connectivity index (χ1v) is 34.4. The molecule has 0 saturated carbocycles. The molecule has 0 saturated heterocycles. The summed E-state index contributed by atoms with van der Waals surface area (Å²) >= 11 is 0. The SMILES string of the molecule is [2H]c1c([2H])c(N(c2cc(N(c3c(-c4ccccc4)cc(C(C)(C)C)cc3-c3ccc(C(C)(C)C)cc3)c3c([2H])c([2H])c([2H])c(-n4c5c([2H])c([2H])c([2H])c([2H])c5c5c([2H])c([2H])c([2H])c([2H])c54)c3[2H])cc(C(C)(C)C)c2)c2c(-c3ccccc3)cc(C(C)(C)C)cc2-c2ccc(C(C)(C)C)cc2)c([2H])c(-n2c3c([2H])c([2H])c([2H])c([2H])c3c3c([2H])c([2H])c([2H])c([2H])c32)c1[2H]. The Morgan fingerprint density at radius 1 is 0.255 bits per heavy atom. The number of aromatic nitrogens is 2. The van der Waals surface area contributed by atoms with Crippen LogP contribution in [0.1, 0.15) is 165 Å². The molecule has 2 heterocycles. The third kappa shape index (κ3) is 12.5. The minimum absolute atomic E-state index is 0.0614. The predicted octanol–water partition coefficient (Wildman–Crippen LogP) is 28.0. The zero-order valence-electron chi connectivity index (χ0n) is 84.2. The first kappa shape index (κ1) is 44.3. The molecule has 0 amide bonds. The van der Waals surface area contributed by atoms with Gasteiger partial charge < -0.3 is 18.9 Å². The summed E-state index contributed by atoms with van der Waals surface area (Å²) in [7, 11) is 0. The maximum absolute atomic E-state index is 11.4. The van der Waals surface area contributed by atoms with Crippen LogP contribution in [0.3, 0.4) is 0 Å². The molecular formula is C98H94N4. The average Bonchev–Trinajstić information content (AvgIpc) is 1.52. The fourth-order valence-corrected chi connectivity index (χ4v) is 13.4. The number of hydrogen-bond donors (Lipinski definition) is 0. The van der Waals surface area contributed by atoms with Gasteiger partial charge in [-0.2, -0.15) is 0 Å². The van der Waals surface area contributed by atoms with E-state index >= 15 is 0 Å². The van der Waals surface area contributed by atoms with E-state index in [0.29, 0.717) is 50.1 Å². The number of para-hydroxylation sites is 4. The minimum atomic E-state index is -1.03. The molecule has 0 aliphatic rings. The van der Waals surface area contributed by atoms with E-state index in [1.165, 1.54) is 0 Å². The third-order valence-corrected chi connectivity index (χ3v) is 19.1. The quantitative estimate of drug-likeness (QED) is 0.121. The largest absolute Gasteiger partial charge is 0.309 e. The van der Waals surface area contributed by atoms with Gasteiger partial charge in [0.15, 0.2) is 0 Å². The van der Waals surface area contributed by atoms with E-state index in [1.54, 1.807) is 15.9 Å². The maximum Gasteiger partial charge on any atom is 0.0667 e. The molecule has 506 valence electrons. The average molecular weight is 1350 g/mol. The maximum atomic E-state index is 11.4. The highest BCUT2D eigenvalue weighted by Gasteiger charge is 2.33. The van der Waals surface area contributed by atoms with Gasteiger partial charge in [0.05, 0.1) is 66.3 Å². The monoisotopic (exact) mass is 1350 g/mol. The number of benzene rings is 13. The summed E-state index contributed by atoms with van der Waals surface area (Å²) in [5.74, 6) is 0. The summed E-state index contributed by atoms with van der Waals surface area (Å²) in [6.07, 6.45) is 0. The molecule has 0 radical (unpaired) electrons. The molecule has 13 aromatic carbocycles. The topological polar surface area (TPSA) is 16.3 Å². The summed E-state index contributed by atoms with van der Waals surface area (Å²) in [5.41, 5.74) is 1.83. The molecular weight excluding hydrogens is 1230 g/mol. The van der Waals surface area contributed by atoms with Gasteiger partial charge in [0.2, 0.25) is 0 Å². The van der Waals surface area contributed by atoms with E-state index in [4.69, 9.17) is 5.48 Å². The fourth-order valence-electron chi connectivity index (χ4n) is 13.4. The molecule has 0 aliphatic heterocycles. The molecule has 102 heavy (non-hydrogen) atoms. The summed E-state index contributed by atoms with van der Waals surface area (Å²) in [6.45, 7) is 30.7. The molecule has 15 aromatic rings. The van der Waals surface area contributed by atoms with Crippen LogP contribution in [0.2, 0.25) is 0 Å². The van der Waals surface area contributed by atoms with Crippen molar-refractivity contribution in [2.24, 2.45) is 0 Å². The van der Waals surface area contributed by atoms with Crippen molar-refractivity contribution in [3.05, 3.63) is 324 Å². The van der Waals surface area contributed by atoms with E-state index in [0.717, 1.165) is 31.4 Å². The molecule has 0 spiro atoms. The van der Waals surface area contributed by atoms with Gasteiger partial charge in [-0.25, -0.2) is 0 Å². The highest BCUT2D eigenvalue weighted by atomic mass is 15.2. The van der Waals surface area contributed by atoms with Crippen molar-refractivity contribution in [3.8, 4) is 55.9 Å². The van der Waals surface area contributed by atoms with Crippen LogP contribution >= 0.6 is 0 Å². The van der Waals surface area contributed by atoms with Crippen LogP contribution in [0.5, 0.6) is 0 Å². The highest BCUT2D eigenvalue weighted by molar-refractivity contribution is 6.11. The molecule has 0 bridgehead atoms. The Balaban J connectivity index is 1.23. The first-order valence-electron chi connectivity index (χ1n) is 46.4. The van der Waals surface area contributed by atoms with Crippen LogP contribution in [0.15, 0.2) is 297 Å². The third-order valence-electron chi connectivity index (χ3n) is 19.1. The van der Waals surface area contributed by atoms with Gasteiger partial charge >= 0.3 is 0 Å². The van der Waals surface area contributed by atoms with Crippen LogP contribution in [-0.2, 0) is 27.1 Å². The summed E-state index contributed by atoms with van der Waals surface area (Å²) in [4.78, 5) is 3.26. The Kier molecular flexibility index (Phi) is 11.1. The Bertz CT molecular complexity index is 6550. The molecule has 0 atom stereocenters. The van der Waals surface area contributed by atoms with E-state index in [2.05, 4.69) is 83.1 Å². The molecule has 0 unspecified atom stereocenters. The number of rotatable bonds is 12. The lowest BCUT2D eigenvalue weighted by Gasteiger charge is -2.36. The number of hydrogen-bond acceptors (Lipinski definition) is 2. The first-order chi connectivity index (χ1) is 58.7. The zero-order chi connectivity index (χ0) is 92.1. The molecule has 2 aromatic heterocycles. The van der Waals surface area contributed by atoms with Crippen LogP contribution in [0.25, 0.3) is 99.5 Å². The number of nitrogens with zero attached hydrogens (tertiary/aromatic N) is 4. The van der Waals surface area contributed by atoms with Crippen LogP contribution in [0.4, 0.5) is 34.1 Å². The Hall–Kier alpha value is -10.9. The fraction of sp³-hybridized carbons (Fsp3) is 0.204. The van der Waals surface area contributed by atoms with Crippen LogP contribution in [0, 0.1) is 0 Å². The van der Waals surface area contributed by atoms with Crippen molar-refractivity contribution in [3.63, 3.8) is 0 Å². The lowest BCUT2D eigenvalue weighted by Crippen LogP contribution is -2.20. The second-order valence-electron chi connectivity index (χ2n) is 31.3. The van der Waals surface area contributed by atoms with Gasteiger partial charge in [-0.3, -0.25) is 0 Å². The van der Waals surface area contributed by atoms with Crippen molar-refractivity contribution >= 4 is 77.7 Å². The Morgan fingerprint density at radius 2 is 0.529 bits per heavy atom. The van der Waals surface area contributed by atoms with Crippen molar-refractivity contribution in [1.82, 2.24) is 9.13 Å². The van der Waals surface area contributed by atoms with E-state index < -0.39 is 206 Å². The van der Waals surface area contributed by atoms with Crippen molar-refractivity contribution in [2.45, 2.75) is 131 Å². The highest BCUT2D eigenvalue weighted by Crippen LogP contribution is 2.55. The number of fused-ring (bicyclic) bond motifs is 6. The molecule has 4 nitrogen and oxygen atoms in total. The normalized spacial score (nSPS) is 15.8. The van der Waals surface area contributed by atoms with Gasteiger partial charge in [0.1, 0.15) is 0 Å². The standard InChI is InChI=1S/C98H94N4/c1-94(2,3)69-52-48-67(49-53-69)86-60-72(97(10,11)12)58-84(65-32-18-16-19-33-65)92(86)99(74-36-30-38-76(62-74)101-88-44-26-22-40-80(88)81-41-23-27-45-89(81)101)78-56-71(96(7,8)9)57-79(64-78)100(75-37-31-39-77(63-75)102-90-46-28-24-42-82(90)83-43-25-29-47-91(83)102)93-85(66-34-20-17-21-35-66)59-73(98(13,14)15)61-87(93)68-50-54-70(55-51-68)95(4,5)6/h16-64H,1-15H3/i22D,23D,24D,25D,26D,27D,28D,29D,30D,31D,36D,37D,38D,39D,40D,41D,42D,43D,44D,45D,46D,47D,62D,63D. The van der Waals surface area contributed by atoms with Gasteiger partial charge in [-0.05, 0) is 180 Å². The minimum Gasteiger partial charge on any atom is -0.309 e. The van der Waals surface area contributed by atoms with Gasteiger partial charge in [0, 0.05) is 77.9 Å². The van der Waals surface area contributed by atoms with E-state index in [1.807, 2.05) is 166 Å². The van der Waals surface area contributed by atoms with E-state index in [-0.39, 0.29) is 55.1 Å². The van der Waals surface area contributed by atoms with Gasteiger partial charge in [-0.15, -0.1) is 0 Å². The number of anilines is 6. The molecule has 4 heteroatoms. The van der Waals surface area contributed by atoms with Gasteiger partial charge in [-0.1, -0.05) is 298 Å². The summed E-state index contributed by atoms with van der Waals surface area (Å²) in [5, 5.41) is -1.51. The molecule has 0 N–H and O–H groups in total. The van der Waals surface area contributed by atoms with Gasteiger partial charge in [0.25, 0.3) is 0 Å². The molecule has 0 aliphatic carbocycles. The zero-order valence-corrected chi connectivity index (χ0v) is 60.2. The van der Waals surface area contributed by atoms with Crippen LogP contribution in [-0.4, -0.2) is 9.13 Å². The second-order valence-corrected chi connectivity index (χ2v) is 31.3. The van der Waals surface area contributed by atoms with Crippen molar-refractivity contribution in [1.29, 1.82) is 0 Å². The lowest BCUT2D eigenvalue weighted by molar-refractivity contribution is 0.590. The summed E-state index contributed by atoms with van der Waals surface area (Å²) < 4.78 is 239. The Morgan fingerprint density at radius 3 is 0.824 bits per heavy atom. The van der Waals surface area contributed by atoms with Crippen molar-refractivity contribution < 1.29 is 32.9 Å². The van der Waals surface area contributed by atoms with Crippen LogP contribution < -0.4 is 9.80 Å². The molecule has 15 rings (SSSR count). The Labute approximate surface area is 638 Å². The van der Waals surface area contributed by atoms with Crippen molar-refractivity contribution in [2.75, 3.05) is 9.80 Å². The second kappa shape index (κ2) is 25.6. The predicted molar refractivity (Wildman–Crippen MR) is 440 cm³/mol. The smallest absolute Gasteiger partial charge is 0.0667 e. The molecule has 0 fully saturated rings.